The molecule has 0 bridgehead atoms. The topological polar surface area (TPSA) is 105 Å². The summed E-state index contributed by atoms with van der Waals surface area (Å²) in [4.78, 5) is 25.4. The molecule has 1 heterocycles. The quantitative estimate of drug-likeness (QED) is 0.637. The van der Waals surface area contributed by atoms with Crippen LogP contribution in [-0.2, 0) is 14.6 Å². The molecule has 1 aromatic carbocycles. The van der Waals surface area contributed by atoms with E-state index in [1.165, 1.54) is 7.05 Å². The minimum Gasteiger partial charge on any atom is -0.494 e. The molecular weight excluding hydrogens is 382 g/mol. The van der Waals surface area contributed by atoms with Gasteiger partial charge < -0.3 is 20.3 Å². The number of benzene rings is 1. The summed E-state index contributed by atoms with van der Waals surface area (Å²) in [5.41, 5.74) is 0.655. The Morgan fingerprint density at radius 3 is 2.39 bits per heavy atom. The van der Waals surface area contributed by atoms with Crippen LogP contribution in [0.15, 0.2) is 24.3 Å². The molecule has 28 heavy (non-hydrogen) atoms. The number of piperidine rings is 1. The van der Waals surface area contributed by atoms with E-state index in [1.807, 2.05) is 12.1 Å². The number of hydrogen-bond acceptors (Lipinski definition) is 5. The highest BCUT2D eigenvalue weighted by Gasteiger charge is 2.32. The number of nitrogens with zero attached hydrogens (tertiary/aromatic N) is 1. The molecule has 0 atom stereocenters. The molecule has 0 saturated carbocycles. The number of anilines is 1. The van der Waals surface area contributed by atoms with E-state index < -0.39 is 26.7 Å². The molecule has 156 valence electrons. The molecule has 1 aromatic rings. The predicted octanol–water partition coefficient (Wildman–Crippen LogP) is 2.02. The molecule has 0 radical (unpaired) electrons. The Balaban J connectivity index is 1.82. The van der Waals surface area contributed by atoms with E-state index in [2.05, 4.69) is 17.6 Å². The number of urea groups is 1. The average molecular weight is 412 g/mol. The second-order valence-electron chi connectivity index (χ2n) is 6.82. The number of ether oxygens (including phenoxy) is 1. The monoisotopic (exact) mass is 411 g/mol. The third-order valence-electron chi connectivity index (χ3n) is 4.72. The van der Waals surface area contributed by atoms with Gasteiger partial charge in [-0.15, -0.1) is 0 Å². The maximum atomic E-state index is 12.4. The SMILES string of the molecule is CCCCOc1ccc(NC(=O)N2CCC(S(=O)(=O)CC(=O)NC)CC2)cc1. The number of likely N-dealkylation sites (tertiary alicyclic amines) is 1. The van der Waals surface area contributed by atoms with E-state index in [1.54, 1.807) is 17.0 Å². The Bertz CT molecular complexity index is 756. The summed E-state index contributed by atoms with van der Waals surface area (Å²) in [6.07, 6.45) is 2.72. The molecule has 0 aliphatic carbocycles. The first-order valence-corrected chi connectivity index (χ1v) is 11.3. The lowest BCUT2D eigenvalue weighted by Gasteiger charge is -2.31. The van der Waals surface area contributed by atoms with E-state index in [4.69, 9.17) is 4.74 Å². The van der Waals surface area contributed by atoms with Crippen molar-refractivity contribution >= 4 is 27.5 Å². The Hall–Kier alpha value is -2.29. The van der Waals surface area contributed by atoms with Gasteiger partial charge in [0.25, 0.3) is 0 Å². The molecule has 1 aliphatic rings. The van der Waals surface area contributed by atoms with Crippen molar-refractivity contribution in [1.82, 2.24) is 10.2 Å². The summed E-state index contributed by atoms with van der Waals surface area (Å²) in [6, 6.07) is 6.91. The molecule has 2 N–H and O–H groups in total. The zero-order valence-electron chi connectivity index (χ0n) is 16.4. The number of nitrogens with one attached hydrogen (secondary N) is 2. The van der Waals surface area contributed by atoms with Crippen molar-refractivity contribution in [1.29, 1.82) is 0 Å². The van der Waals surface area contributed by atoms with Gasteiger partial charge >= 0.3 is 6.03 Å². The van der Waals surface area contributed by atoms with Crippen LogP contribution in [0.3, 0.4) is 0 Å². The normalized spacial score (nSPS) is 15.1. The van der Waals surface area contributed by atoms with Crippen LogP contribution < -0.4 is 15.4 Å². The fourth-order valence-electron chi connectivity index (χ4n) is 2.96. The summed E-state index contributed by atoms with van der Waals surface area (Å²) in [5, 5.41) is 4.56. The Morgan fingerprint density at radius 1 is 1.18 bits per heavy atom. The lowest BCUT2D eigenvalue weighted by Crippen LogP contribution is -2.45. The van der Waals surface area contributed by atoms with Gasteiger partial charge in [-0.2, -0.15) is 0 Å². The molecule has 9 heteroatoms. The molecule has 1 saturated heterocycles. The lowest BCUT2D eigenvalue weighted by atomic mass is 10.1. The van der Waals surface area contributed by atoms with Crippen molar-refractivity contribution in [2.24, 2.45) is 0 Å². The van der Waals surface area contributed by atoms with E-state index in [0.717, 1.165) is 18.6 Å². The molecule has 3 amide bonds. The molecule has 0 aromatic heterocycles. The van der Waals surface area contributed by atoms with Crippen LogP contribution in [0.25, 0.3) is 0 Å². The van der Waals surface area contributed by atoms with Crippen molar-refractivity contribution in [3.8, 4) is 5.75 Å². The zero-order valence-corrected chi connectivity index (χ0v) is 17.3. The molecule has 1 aliphatic heterocycles. The van der Waals surface area contributed by atoms with Crippen molar-refractivity contribution in [2.75, 3.05) is 37.8 Å². The lowest BCUT2D eigenvalue weighted by molar-refractivity contribution is -0.118. The first kappa shape index (κ1) is 22.0. The van der Waals surface area contributed by atoms with Gasteiger partial charge in [-0.25, -0.2) is 13.2 Å². The van der Waals surface area contributed by atoms with Gasteiger partial charge in [-0.3, -0.25) is 4.79 Å². The predicted molar refractivity (Wildman–Crippen MR) is 108 cm³/mol. The minimum absolute atomic E-state index is 0.262. The van der Waals surface area contributed by atoms with Gasteiger partial charge in [-0.05, 0) is 43.5 Å². The number of sulfone groups is 1. The highest BCUT2D eigenvalue weighted by Crippen LogP contribution is 2.21. The van der Waals surface area contributed by atoms with E-state index in [9.17, 15) is 18.0 Å². The van der Waals surface area contributed by atoms with Crippen LogP contribution in [0, 0.1) is 0 Å². The van der Waals surface area contributed by atoms with Crippen LogP contribution in [0.2, 0.25) is 0 Å². The molecular formula is C19H29N3O5S. The minimum atomic E-state index is -3.50. The largest absolute Gasteiger partial charge is 0.494 e. The highest BCUT2D eigenvalue weighted by molar-refractivity contribution is 7.92. The summed E-state index contributed by atoms with van der Waals surface area (Å²) < 4.78 is 30.1. The third kappa shape index (κ3) is 6.40. The van der Waals surface area contributed by atoms with Crippen molar-refractivity contribution < 1.29 is 22.7 Å². The van der Waals surface area contributed by atoms with Crippen molar-refractivity contribution in [3.63, 3.8) is 0 Å². The molecule has 2 rings (SSSR count). The smallest absolute Gasteiger partial charge is 0.321 e. The third-order valence-corrected chi connectivity index (χ3v) is 6.87. The zero-order chi connectivity index (χ0) is 20.6. The number of unbranched alkanes of at least 4 members (excludes halogenated alkanes) is 1. The highest BCUT2D eigenvalue weighted by atomic mass is 32.2. The first-order valence-electron chi connectivity index (χ1n) is 9.56. The summed E-state index contributed by atoms with van der Waals surface area (Å²) in [7, 11) is -2.09. The summed E-state index contributed by atoms with van der Waals surface area (Å²) >= 11 is 0. The van der Waals surface area contributed by atoms with E-state index in [-0.39, 0.29) is 6.03 Å². The van der Waals surface area contributed by atoms with Crippen molar-refractivity contribution in [3.05, 3.63) is 24.3 Å². The van der Waals surface area contributed by atoms with Gasteiger partial charge in [0.2, 0.25) is 5.91 Å². The van der Waals surface area contributed by atoms with Gasteiger partial charge in [0.05, 0.1) is 11.9 Å². The number of hydrogen-bond donors (Lipinski definition) is 2. The van der Waals surface area contributed by atoms with Gasteiger partial charge in [-0.1, -0.05) is 13.3 Å². The first-order chi connectivity index (χ1) is 13.4. The number of amides is 3. The summed E-state index contributed by atoms with van der Waals surface area (Å²) in [5.74, 6) is -0.261. The average Bonchev–Trinajstić information content (AvgIpc) is 2.69. The number of carbonyl (C=O) groups excluding carboxylic acids is 2. The maximum Gasteiger partial charge on any atom is 0.321 e. The summed E-state index contributed by atoms with van der Waals surface area (Å²) in [6.45, 7) is 3.44. The van der Waals surface area contributed by atoms with Gasteiger partial charge in [0.15, 0.2) is 9.84 Å². The van der Waals surface area contributed by atoms with Crippen LogP contribution in [0.1, 0.15) is 32.6 Å². The van der Waals surface area contributed by atoms with E-state index in [0.29, 0.717) is 38.2 Å². The van der Waals surface area contributed by atoms with Gasteiger partial charge in [0.1, 0.15) is 11.5 Å². The number of carbonyl (C=O) groups is 2. The molecule has 0 unspecified atom stereocenters. The molecule has 0 spiro atoms. The fourth-order valence-corrected chi connectivity index (χ4v) is 4.64. The van der Waals surface area contributed by atoms with Crippen LogP contribution in [0.4, 0.5) is 10.5 Å². The fraction of sp³-hybridized carbons (Fsp3) is 0.579. The van der Waals surface area contributed by atoms with Gasteiger partial charge in [0, 0.05) is 25.8 Å². The van der Waals surface area contributed by atoms with Crippen LogP contribution in [-0.4, -0.2) is 63.0 Å². The second-order valence-corrected chi connectivity index (χ2v) is 9.10. The Kier molecular flexibility index (Phi) is 8.10. The Morgan fingerprint density at radius 2 is 1.82 bits per heavy atom. The molecule has 1 fully saturated rings. The van der Waals surface area contributed by atoms with Crippen molar-refractivity contribution in [2.45, 2.75) is 37.9 Å². The Labute approximate surface area is 166 Å². The van der Waals surface area contributed by atoms with Crippen LogP contribution >= 0.6 is 0 Å². The standard InChI is InChI=1S/C19H29N3O5S/c1-3-4-13-27-16-7-5-15(6-8-16)21-19(24)22-11-9-17(10-12-22)28(25,26)14-18(23)20-2/h5-8,17H,3-4,9-14H2,1-2H3,(H,20,23)(H,21,24). The second kappa shape index (κ2) is 10.3. The molecule has 8 nitrogen and oxygen atoms in total. The van der Waals surface area contributed by atoms with Crippen LogP contribution in [0.5, 0.6) is 5.75 Å². The maximum absolute atomic E-state index is 12.4. The number of rotatable bonds is 8. The van der Waals surface area contributed by atoms with E-state index >= 15 is 0 Å².